The second-order valence-corrected chi connectivity index (χ2v) is 11.4. The van der Waals surface area contributed by atoms with E-state index in [1.54, 1.807) is 30.4 Å². The third-order valence-corrected chi connectivity index (χ3v) is 8.88. The summed E-state index contributed by atoms with van der Waals surface area (Å²) >= 11 is 1.75. The number of thiazole rings is 1. The number of rotatable bonds is 8. The predicted octanol–water partition coefficient (Wildman–Crippen LogP) is 3.20. The van der Waals surface area contributed by atoms with Crippen molar-refractivity contribution in [3.8, 4) is 0 Å². The molecule has 0 spiro atoms. The van der Waals surface area contributed by atoms with Crippen LogP contribution in [-0.4, -0.2) is 69.2 Å². The number of nitrogens with one attached hydrogen (secondary N) is 1. The number of aromatic nitrogens is 1. The average Bonchev–Trinajstić information content (AvgIpc) is 3.29. The Bertz CT molecular complexity index is 1230. The van der Waals surface area contributed by atoms with Gasteiger partial charge in [0, 0.05) is 44.8 Å². The lowest BCUT2D eigenvalue weighted by Crippen LogP contribution is -2.48. The molecule has 0 bridgehead atoms. The number of hydrogen-bond donors (Lipinski definition) is 1. The fourth-order valence-electron chi connectivity index (χ4n) is 4.00. The van der Waals surface area contributed by atoms with Gasteiger partial charge in [0.05, 0.1) is 20.9 Å². The summed E-state index contributed by atoms with van der Waals surface area (Å²) < 4.78 is 25.4. The molecule has 0 aliphatic carbocycles. The van der Waals surface area contributed by atoms with E-state index in [2.05, 4.69) is 40.2 Å². The molecule has 1 saturated heterocycles. The second-order valence-electron chi connectivity index (χ2n) is 8.13. The molecule has 1 aromatic heterocycles. The van der Waals surface area contributed by atoms with Crippen LogP contribution in [0.5, 0.6) is 0 Å². The molecule has 1 N–H and O–H groups in total. The van der Waals surface area contributed by atoms with Crippen LogP contribution >= 0.6 is 11.3 Å². The largest absolute Gasteiger partial charge is 0.351 e. The predicted molar refractivity (Wildman–Crippen MR) is 134 cm³/mol. The van der Waals surface area contributed by atoms with Gasteiger partial charge in [-0.3, -0.25) is 9.69 Å². The van der Waals surface area contributed by atoms with Crippen molar-refractivity contribution < 1.29 is 13.2 Å². The number of sulfone groups is 1. The van der Waals surface area contributed by atoms with E-state index < -0.39 is 9.84 Å². The summed E-state index contributed by atoms with van der Waals surface area (Å²) in [6, 6.07) is 12.6. The Labute approximate surface area is 199 Å². The summed E-state index contributed by atoms with van der Waals surface area (Å²) in [6.45, 7) is 8.68. The Morgan fingerprint density at radius 1 is 1.09 bits per heavy atom. The lowest BCUT2D eigenvalue weighted by molar-refractivity contribution is 0.0947. The van der Waals surface area contributed by atoms with Gasteiger partial charge in [-0.05, 0) is 36.2 Å². The van der Waals surface area contributed by atoms with Gasteiger partial charge in [0.25, 0.3) is 5.91 Å². The number of carbonyl (C=O) groups excluding carboxylic acids is 1. The van der Waals surface area contributed by atoms with Crippen LogP contribution in [0.2, 0.25) is 0 Å². The van der Waals surface area contributed by atoms with E-state index in [0.717, 1.165) is 49.8 Å². The monoisotopic (exact) mass is 486 g/mol. The molecule has 0 radical (unpaired) electrons. The van der Waals surface area contributed by atoms with Gasteiger partial charge in [-0.25, -0.2) is 13.4 Å². The van der Waals surface area contributed by atoms with E-state index in [-0.39, 0.29) is 16.6 Å². The molecule has 1 aliphatic heterocycles. The van der Waals surface area contributed by atoms with Crippen molar-refractivity contribution in [3.63, 3.8) is 0 Å². The van der Waals surface area contributed by atoms with Crippen LogP contribution in [0.1, 0.15) is 29.8 Å². The van der Waals surface area contributed by atoms with Crippen LogP contribution in [0.25, 0.3) is 10.2 Å². The van der Waals surface area contributed by atoms with Gasteiger partial charge in [0.1, 0.15) is 0 Å². The third-order valence-electron chi connectivity index (χ3n) is 6.06. The van der Waals surface area contributed by atoms with Crippen molar-refractivity contribution in [2.75, 3.05) is 49.9 Å². The molecule has 0 saturated carbocycles. The minimum Gasteiger partial charge on any atom is -0.351 e. The number of benzene rings is 2. The number of fused-ring (bicyclic) bond motifs is 1. The molecular formula is C24H30N4O3S2. The maximum Gasteiger partial charge on any atom is 0.251 e. The Hall–Kier alpha value is -2.49. The van der Waals surface area contributed by atoms with E-state index in [0.29, 0.717) is 12.1 Å². The normalized spacial score (nSPS) is 15.2. The van der Waals surface area contributed by atoms with Crippen LogP contribution in [0, 0.1) is 0 Å². The van der Waals surface area contributed by atoms with E-state index >= 15 is 0 Å². The first-order valence-electron chi connectivity index (χ1n) is 11.4. The van der Waals surface area contributed by atoms with Gasteiger partial charge >= 0.3 is 0 Å². The molecule has 33 heavy (non-hydrogen) atoms. The minimum absolute atomic E-state index is 0.0147. The number of anilines is 1. The fourth-order valence-corrected chi connectivity index (χ4v) is 6.00. The number of aryl methyl sites for hydroxylation is 1. The smallest absolute Gasteiger partial charge is 0.251 e. The van der Waals surface area contributed by atoms with Crippen LogP contribution in [-0.2, 0) is 16.3 Å². The highest BCUT2D eigenvalue weighted by Gasteiger charge is 2.20. The average molecular weight is 487 g/mol. The van der Waals surface area contributed by atoms with Crippen molar-refractivity contribution >= 4 is 42.4 Å². The quantitative estimate of drug-likeness (QED) is 0.527. The summed E-state index contributed by atoms with van der Waals surface area (Å²) in [5, 5.41) is 4.00. The van der Waals surface area contributed by atoms with Crippen molar-refractivity contribution in [3.05, 3.63) is 53.6 Å². The van der Waals surface area contributed by atoms with Crippen LogP contribution in [0.4, 0.5) is 5.13 Å². The molecule has 4 rings (SSSR count). The number of nitrogens with zero attached hydrogens (tertiary/aromatic N) is 3. The molecule has 2 aromatic carbocycles. The fraction of sp³-hybridized carbons (Fsp3) is 0.417. The zero-order valence-electron chi connectivity index (χ0n) is 19.1. The maximum absolute atomic E-state index is 12.5. The maximum atomic E-state index is 12.5. The van der Waals surface area contributed by atoms with E-state index in [4.69, 9.17) is 4.98 Å². The van der Waals surface area contributed by atoms with Crippen molar-refractivity contribution in [2.45, 2.75) is 25.2 Å². The van der Waals surface area contributed by atoms with E-state index in [9.17, 15) is 13.2 Å². The highest BCUT2D eigenvalue weighted by molar-refractivity contribution is 7.91. The summed E-state index contributed by atoms with van der Waals surface area (Å²) in [6.07, 6.45) is 0.985. The van der Waals surface area contributed by atoms with Gasteiger partial charge in [-0.1, -0.05) is 43.4 Å². The first kappa shape index (κ1) is 23.7. The lowest BCUT2D eigenvalue weighted by Gasteiger charge is -2.34. The van der Waals surface area contributed by atoms with Crippen LogP contribution in [0.3, 0.4) is 0 Å². The highest BCUT2D eigenvalue weighted by Crippen LogP contribution is 2.31. The molecule has 1 fully saturated rings. The van der Waals surface area contributed by atoms with E-state index in [1.807, 2.05) is 0 Å². The van der Waals surface area contributed by atoms with Gasteiger partial charge in [0.2, 0.25) is 0 Å². The molecular weight excluding hydrogens is 456 g/mol. The van der Waals surface area contributed by atoms with Crippen molar-refractivity contribution in [1.82, 2.24) is 15.2 Å². The number of para-hydroxylation sites is 1. The topological polar surface area (TPSA) is 82.6 Å². The molecule has 176 valence electrons. The molecule has 1 aliphatic rings. The molecule has 0 unspecified atom stereocenters. The van der Waals surface area contributed by atoms with Crippen molar-refractivity contribution in [1.29, 1.82) is 0 Å². The lowest BCUT2D eigenvalue weighted by atomic mass is 10.1. The summed E-state index contributed by atoms with van der Waals surface area (Å²) in [4.78, 5) is 22.3. The number of piperazine rings is 1. The Morgan fingerprint density at radius 3 is 2.58 bits per heavy atom. The number of hydrogen-bond acceptors (Lipinski definition) is 7. The molecule has 0 atom stereocenters. The standard InChI is InChI=1S/C24H30N4O3S2/c1-3-18-7-6-10-21-22(18)26-24(32-21)28-15-13-27(14-16-28)12-11-25-23(29)19-8-5-9-20(17-19)33(30,31)4-2/h5-10,17H,3-4,11-16H2,1-2H3,(H,25,29). The van der Waals surface area contributed by atoms with Crippen LogP contribution in [0.15, 0.2) is 47.4 Å². The van der Waals surface area contributed by atoms with Crippen molar-refractivity contribution in [2.24, 2.45) is 0 Å². The molecule has 1 amide bonds. The first-order chi connectivity index (χ1) is 15.9. The first-order valence-corrected chi connectivity index (χ1v) is 13.8. The molecule has 2 heterocycles. The third kappa shape index (κ3) is 5.37. The summed E-state index contributed by atoms with van der Waals surface area (Å²) in [5.41, 5.74) is 2.79. The highest BCUT2D eigenvalue weighted by atomic mass is 32.2. The number of amides is 1. The Kier molecular flexibility index (Phi) is 7.31. The van der Waals surface area contributed by atoms with Gasteiger partial charge in [-0.15, -0.1) is 0 Å². The van der Waals surface area contributed by atoms with E-state index in [1.165, 1.54) is 22.4 Å². The van der Waals surface area contributed by atoms with Gasteiger partial charge in [-0.2, -0.15) is 0 Å². The Morgan fingerprint density at radius 2 is 1.85 bits per heavy atom. The Balaban J connectivity index is 1.27. The SMILES string of the molecule is CCc1cccc2sc(N3CCN(CCNC(=O)c4cccc(S(=O)(=O)CC)c4)CC3)nc12. The van der Waals surface area contributed by atoms with Crippen LogP contribution < -0.4 is 10.2 Å². The second kappa shape index (κ2) is 10.2. The number of carbonyl (C=O) groups is 1. The molecule has 3 aromatic rings. The minimum atomic E-state index is -3.33. The molecule has 7 nitrogen and oxygen atoms in total. The summed E-state index contributed by atoms with van der Waals surface area (Å²) in [7, 11) is -3.33. The molecule has 9 heteroatoms. The van der Waals surface area contributed by atoms with Gasteiger partial charge < -0.3 is 10.2 Å². The zero-order chi connectivity index (χ0) is 23.4. The summed E-state index contributed by atoms with van der Waals surface area (Å²) in [5.74, 6) is -0.233. The van der Waals surface area contributed by atoms with Gasteiger partial charge in [0.15, 0.2) is 15.0 Å². The zero-order valence-corrected chi connectivity index (χ0v) is 20.7.